The summed E-state index contributed by atoms with van der Waals surface area (Å²) in [5, 5.41) is 11.2. The lowest BCUT2D eigenvalue weighted by atomic mass is 10.1. The van der Waals surface area contributed by atoms with Crippen LogP contribution in [0.5, 0.6) is 0 Å². The molecule has 0 radical (unpaired) electrons. The summed E-state index contributed by atoms with van der Waals surface area (Å²) in [4.78, 5) is 0. The monoisotopic (exact) mass is 330 g/mol. The molecule has 0 saturated heterocycles. The number of benzene rings is 2. The number of aliphatic hydroxyl groups excluding tert-OH is 1. The second kappa shape index (κ2) is 6.60. The maximum absolute atomic E-state index is 10.6. The molecule has 0 amide bonds. The summed E-state index contributed by atoms with van der Waals surface area (Å²) in [7, 11) is 0. The number of nitrogen functional groups attached to an aromatic ring is 1. The van der Waals surface area contributed by atoms with E-state index in [4.69, 9.17) is 17.3 Å². The maximum Gasteiger partial charge on any atom is 0.356 e. The zero-order chi connectivity index (χ0) is 16.4. The first-order valence-corrected chi connectivity index (χ1v) is 8.19. The van der Waals surface area contributed by atoms with Crippen LogP contribution in [0.3, 0.4) is 0 Å². The van der Waals surface area contributed by atoms with Crippen LogP contribution >= 0.6 is 11.6 Å². The van der Waals surface area contributed by atoms with Gasteiger partial charge in [-0.3, -0.25) is 5.73 Å². The number of anilines is 1. The van der Waals surface area contributed by atoms with Gasteiger partial charge in [-0.2, -0.15) is 0 Å². The average molecular weight is 331 g/mol. The highest BCUT2D eigenvalue weighted by atomic mass is 35.5. The molecule has 0 bridgehead atoms. The fourth-order valence-corrected chi connectivity index (χ4v) is 3.05. The van der Waals surface area contributed by atoms with Crippen molar-refractivity contribution in [2.75, 3.05) is 5.73 Å². The lowest BCUT2D eigenvalue weighted by Gasteiger charge is -2.10. The number of nitrogens with two attached hydrogens (primary N) is 1. The zero-order valence-corrected chi connectivity index (χ0v) is 13.9. The summed E-state index contributed by atoms with van der Waals surface area (Å²) in [5.74, 6) is 0.668. The molecular weight excluding hydrogens is 310 g/mol. The van der Waals surface area contributed by atoms with Crippen LogP contribution in [0.15, 0.2) is 48.5 Å². The van der Waals surface area contributed by atoms with E-state index in [1.807, 2.05) is 34.9 Å². The molecule has 0 spiro atoms. The Morgan fingerprint density at radius 2 is 1.87 bits per heavy atom. The van der Waals surface area contributed by atoms with Gasteiger partial charge in [-0.25, -0.2) is 9.13 Å². The third-order valence-electron chi connectivity index (χ3n) is 4.07. The normalized spacial score (nSPS) is 12.7. The average Bonchev–Trinajstić information content (AvgIpc) is 2.82. The number of aliphatic hydroxyl groups is 1. The molecule has 3 N–H and O–H groups in total. The van der Waals surface area contributed by atoms with Crippen LogP contribution in [0, 0.1) is 0 Å². The van der Waals surface area contributed by atoms with Crippen molar-refractivity contribution in [3.63, 3.8) is 0 Å². The van der Waals surface area contributed by atoms with Gasteiger partial charge in [0.25, 0.3) is 0 Å². The van der Waals surface area contributed by atoms with Gasteiger partial charge < -0.3 is 5.11 Å². The summed E-state index contributed by atoms with van der Waals surface area (Å²) in [6.45, 7) is 3.39. The molecule has 1 atom stereocenters. The van der Waals surface area contributed by atoms with Crippen LogP contribution in [0.25, 0.3) is 11.0 Å². The van der Waals surface area contributed by atoms with E-state index in [1.165, 1.54) is 0 Å². The minimum atomic E-state index is -0.638. The molecular formula is C18H21ClN3O+. The largest absolute Gasteiger partial charge is 0.385 e. The summed E-state index contributed by atoms with van der Waals surface area (Å²) in [6.07, 6.45) is 0.364. The Kier molecular flexibility index (Phi) is 4.55. The predicted octanol–water partition coefficient (Wildman–Crippen LogP) is 3.31. The minimum absolute atomic E-state index is 0.407. The number of aryl methyl sites for hydroxylation is 1. The van der Waals surface area contributed by atoms with Gasteiger partial charge >= 0.3 is 5.95 Å². The number of aromatic nitrogens is 2. The first-order valence-electron chi connectivity index (χ1n) is 7.82. The van der Waals surface area contributed by atoms with Crippen molar-refractivity contribution in [1.29, 1.82) is 0 Å². The highest BCUT2D eigenvalue weighted by molar-refractivity contribution is 6.30. The number of hydrogen-bond acceptors (Lipinski definition) is 2. The smallest absolute Gasteiger partial charge is 0.356 e. The van der Waals surface area contributed by atoms with Crippen LogP contribution in [0.4, 0.5) is 5.95 Å². The Morgan fingerprint density at radius 3 is 2.57 bits per heavy atom. The highest BCUT2D eigenvalue weighted by Crippen LogP contribution is 2.20. The van der Waals surface area contributed by atoms with Gasteiger partial charge in [0.05, 0.1) is 6.54 Å². The Hall–Kier alpha value is -2.04. The summed E-state index contributed by atoms with van der Waals surface area (Å²) in [6, 6.07) is 15.4. The molecule has 1 heterocycles. The van der Waals surface area contributed by atoms with E-state index in [9.17, 15) is 5.11 Å². The molecule has 0 fully saturated rings. The van der Waals surface area contributed by atoms with E-state index >= 15 is 0 Å². The van der Waals surface area contributed by atoms with E-state index in [0.717, 1.165) is 29.6 Å². The van der Waals surface area contributed by atoms with E-state index in [0.29, 0.717) is 17.5 Å². The van der Waals surface area contributed by atoms with Crippen molar-refractivity contribution in [2.24, 2.45) is 0 Å². The van der Waals surface area contributed by atoms with Gasteiger partial charge in [0.1, 0.15) is 23.7 Å². The van der Waals surface area contributed by atoms with Crippen molar-refractivity contribution in [3.8, 4) is 0 Å². The van der Waals surface area contributed by atoms with Crippen LogP contribution in [-0.2, 0) is 13.1 Å². The van der Waals surface area contributed by atoms with Gasteiger partial charge in [0.15, 0.2) is 0 Å². The topological polar surface area (TPSA) is 55.1 Å². The Labute approximate surface area is 140 Å². The van der Waals surface area contributed by atoms with Crippen molar-refractivity contribution in [1.82, 2.24) is 4.57 Å². The highest BCUT2D eigenvalue weighted by Gasteiger charge is 2.22. The molecule has 0 aliphatic heterocycles. The molecule has 2 aromatic carbocycles. The van der Waals surface area contributed by atoms with E-state index < -0.39 is 6.10 Å². The fourth-order valence-electron chi connectivity index (χ4n) is 2.93. The van der Waals surface area contributed by atoms with E-state index in [1.54, 1.807) is 12.1 Å². The Bertz CT molecular complexity index is 811. The maximum atomic E-state index is 10.6. The van der Waals surface area contributed by atoms with Gasteiger partial charge in [-0.15, -0.1) is 0 Å². The SMILES string of the molecule is CCCn1c(N)[n+](C[C@H](O)c2ccc(Cl)cc2)c2ccccc21. The molecule has 1 aromatic heterocycles. The quantitative estimate of drug-likeness (QED) is 0.705. The van der Waals surface area contributed by atoms with Gasteiger partial charge in [0, 0.05) is 5.02 Å². The van der Waals surface area contributed by atoms with E-state index in [2.05, 4.69) is 17.6 Å². The molecule has 23 heavy (non-hydrogen) atoms. The summed E-state index contributed by atoms with van der Waals surface area (Å²) >= 11 is 5.91. The number of fused-ring (bicyclic) bond motifs is 1. The lowest BCUT2D eigenvalue weighted by Crippen LogP contribution is -2.39. The van der Waals surface area contributed by atoms with Crippen LogP contribution in [0.1, 0.15) is 25.0 Å². The standard InChI is InChI=1S/C18H20ClN3O/c1-2-11-21-15-5-3-4-6-16(15)22(18(21)20)12-17(23)13-7-9-14(19)10-8-13/h3-10,17,20,23H,2,11-12H2,1H3/p+1/t17-/m0/s1. The number of para-hydroxylation sites is 2. The van der Waals surface area contributed by atoms with Crippen molar-refractivity contribution >= 4 is 28.6 Å². The summed E-state index contributed by atoms with van der Waals surface area (Å²) < 4.78 is 4.08. The molecule has 0 unspecified atom stereocenters. The van der Waals surface area contributed by atoms with Crippen LogP contribution in [-0.4, -0.2) is 9.67 Å². The Morgan fingerprint density at radius 1 is 1.17 bits per heavy atom. The van der Waals surface area contributed by atoms with E-state index in [-0.39, 0.29) is 0 Å². The van der Waals surface area contributed by atoms with Crippen LogP contribution < -0.4 is 10.3 Å². The number of rotatable bonds is 5. The Balaban J connectivity index is 1.99. The molecule has 120 valence electrons. The fraction of sp³-hybridized carbons (Fsp3) is 0.278. The van der Waals surface area contributed by atoms with Crippen molar-refractivity contribution in [2.45, 2.75) is 32.5 Å². The van der Waals surface area contributed by atoms with Gasteiger partial charge in [0.2, 0.25) is 0 Å². The third-order valence-corrected chi connectivity index (χ3v) is 4.33. The minimum Gasteiger partial charge on any atom is -0.385 e. The second-order valence-corrected chi connectivity index (χ2v) is 6.11. The zero-order valence-electron chi connectivity index (χ0n) is 13.1. The molecule has 0 saturated carbocycles. The molecule has 0 aliphatic rings. The number of halogens is 1. The second-order valence-electron chi connectivity index (χ2n) is 5.68. The van der Waals surface area contributed by atoms with Crippen molar-refractivity contribution < 1.29 is 9.67 Å². The van der Waals surface area contributed by atoms with Gasteiger partial charge in [-0.1, -0.05) is 42.8 Å². The number of nitrogens with zero attached hydrogens (tertiary/aromatic N) is 2. The molecule has 5 heteroatoms. The molecule has 0 aliphatic carbocycles. The van der Waals surface area contributed by atoms with Crippen molar-refractivity contribution in [3.05, 3.63) is 59.1 Å². The molecule has 3 rings (SSSR count). The molecule has 3 aromatic rings. The first-order chi connectivity index (χ1) is 11.1. The first kappa shape index (κ1) is 15.8. The van der Waals surface area contributed by atoms with Gasteiger partial charge in [-0.05, 0) is 36.2 Å². The number of hydrogen-bond donors (Lipinski definition) is 2. The van der Waals surface area contributed by atoms with Crippen LogP contribution in [0.2, 0.25) is 5.02 Å². The number of imidazole rings is 1. The third kappa shape index (κ3) is 3.05. The predicted molar refractivity (Wildman–Crippen MR) is 93.2 cm³/mol. The summed E-state index contributed by atoms with van der Waals surface area (Å²) in [5.41, 5.74) is 9.30. The lowest BCUT2D eigenvalue weighted by molar-refractivity contribution is -0.666. The molecule has 4 nitrogen and oxygen atoms in total.